The summed E-state index contributed by atoms with van der Waals surface area (Å²) < 4.78 is 26.6. The van der Waals surface area contributed by atoms with Crippen molar-refractivity contribution in [2.45, 2.75) is 4.90 Å². The van der Waals surface area contributed by atoms with E-state index in [2.05, 4.69) is 4.98 Å². The molecule has 2 aromatic rings. The van der Waals surface area contributed by atoms with Crippen LogP contribution in [0.1, 0.15) is 0 Å². The van der Waals surface area contributed by atoms with Gasteiger partial charge < -0.3 is 4.90 Å². The van der Waals surface area contributed by atoms with Crippen LogP contribution in [0, 0.1) is 10.1 Å². The highest BCUT2D eigenvalue weighted by Gasteiger charge is 2.28. The van der Waals surface area contributed by atoms with Crippen molar-refractivity contribution in [2.75, 3.05) is 31.1 Å². The predicted molar refractivity (Wildman–Crippen MR) is 88.3 cm³/mol. The lowest BCUT2D eigenvalue weighted by atomic mass is 10.3. The number of sulfonamides is 1. The largest absolute Gasteiger partial charge is 0.354 e. The van der Waals surface area contributed by atoms with Crippen LogP contribution in [0.15, 0.2) is 53.6 Å². The lowest BCUT2D eigenvalue weighted by molar-refractivity contribution is -0.385. The van der Waals surface area contributed by atoms with Crippen LogP contribution >= 0.6 is 0 Å². The number of benzene rings is 1. The minimum absolute atomic E-state index is 0.0657. The fourth-order valence-electron chi connectivity index (χ4n) is 2.57. The van der Waals surface area contributed by atoms with Crippen molar-refractivity contribution in [1.82, 2.24) is 9.29 Å². The summed E-state index contributed by atoms with van der Waals surface area (Å²) in [4.78, 5) is 16.4. The second-order valence-electron chi connectivity index (χ2n) is 5.34. The van der Waals surface area contributed by atoms with E-state index in [0.29, 0.717) is 32.0 Å². The average Bonchev–Trinajstić information content (AvgIpc) is 2.62. The molecule has 1 aliphatic rings. The van der Waals surface area contributed by atoms with E-state index in [9.17, 15) is 18.5 Å². The SMILES string of the molecule is O=[N+]([O-])c1ccc(N2CCN(S(=O)(=O)c3ccccc3)CC2)nc1. The molecule has 1 saturated heterocycles. The fraction of sp³-hybridized carbons (Fsp3) is 0.267. The summed E-state index contributed by atoms with van der Waals surface area (Å²) in [5.74, 6) is 0.609. The van der Waals surface area contributed by atoms with E-state index < -0.39 is 14.9 Å². The highest BCUT2D eigenvalue weighted by molar-refractivity contribution is 7.89. The summed E-state index contributed by atoms with van der Waals surface area (Å²) in [6.07, 6.45) is 1.21. The first-order valence-electron chi connectivity index (χ1n) is 7.39. The van der Waals surface area contributed by atoms with Gasteiger partial charge in [0.15, 0.2) is 0 Å². The van der Waals surface area contributed by atoms with E-state index in [1.807, 2.05) is 4.90 Å². The van der Waals surface area contributed by atoms with Crippen molar-refractivity contribution in [1.29, 1.82) is 0 Å². The molecule has 0 radical (unpaired) electrons. The molecule has 3 rings (SSSR count). The number of nitro groups is 1. The molecular formula is C15H16N4O4S. The van der Waals surface area contributed by atoms with Crippen LogP contribution in [0.4, 0.5) is 11.5 Å². The lowest BCUT2D eigenvalue weighted by Crippen LogP contribution is -2.48. The number of piperazine rings is 1. The van der Waals surface area contributed by atoms with Crippen LogP contribution < -0.4 is 4.90 Å². The first-order valence-corrected chi connectivity index (χ1v) is 8.83. The zero-order chi connectivity index (χ0) is 17.2. The number of rotatable bonds is 4. The number of aromatic nitrogens is 1. The van der Waals surface area contributed by atoms with Gasteiger partial charge in [0.2, 0.25) is 10.0 Å². The predicted octanol–water partition coefficient (Wildman–Crippen LogP) is 1.50. The van der Waals surface area contributed by atoms with Crippen LogP contribution in [0.25, 0.3) is 0 Å². The van der Waals surface area contributed by atoms with Crippen molar-refractivity contribution in [3.63, 3.8) is 0 Å². The van der Waals surface area contributed by atoms with Gasteiger partial charge in [-0.1, -0.05) is 18.2 Å². The number of hydrogen-bond acceptors (Lipinski definition) is 6. The van der Waals surface area contributed by atoms with Gasteiger partial charge in [0.05, 0.1) is 9.82 Å². The summed E-state index contributed by atoms with van der Waals surface area (Å²) in [5.41, 5.74) is -0.0657. The third-order valence-corrected chi connectivity index (χ3v) is 5.80. The molecule has 0 aliphatic carbocycles. The second-order valence-corrected chi connectivity index (χ2v) is 7.27. The average molecular weight is 348 g/mol. The monoisotopic (exact) mass is 348 g/mol. The van der Waals surface area contributed by atoms with Gasteiger partial charge in [-0.3, -0.25) is 10.1 Å². The van der Waals surface area contributed by atoms with Crippen LogP contribution in [0.2, 0.25) is 0 Å². The van der Waals surface area contributed by atoms with Gasteiger partial charge in [0, 0.05) is 32.2 Å². The summed E-state index contributed by atoms with van der Waals surface area (Å²) in [7, 11) is -3.49. The van der Waals surface area contributed by atoms with Crippen molar-refractivity contribution >= 4 is 21.5 Å². The molecule has 8 nitrogen and oxygen atoms in total. The molecule has 0 atom stereocenters. The molecule has 24 heavy (non-hydrogen) atoms. The molecular weight excluding hydrogens is 332 g/mol. The van der Waals surface area contributed by atoms with Crippen LogP contribution in [-0.2, 0) is 10.0 Å². The van der Waals surface area contributed by atoms with E-state index >= 15 is 0 Å². The Bertz CT molecular complexity index is 816. The molecule has 9 heteroatoms. The minimum Gasteiger partial charge on any atom is -0.354 e. The minimum atomic E-state index is -3.49. The molecule has 0 N–H and O–H groups in total. The second kappa shape index (κ2) is 6.54. The molecule has 1 aliphatic heterocycles. The van der Waals surface area contributed by atoms with Gasteiger partial charge in [-0.25, -0.2) is 13.4 Å². The van der Waals surface area contributed by atoms with Crippen molar-refractivity contribution < 1.29 is 13.3 Å². The summed E-state index contributed by atoms with van der Waals surface area (Å²) in [5, 5.41) is 10.7. The Morgan fingerprint density at radius 1 is 1.00 bits per heavy atom. The molecule has 0 saturated carbocycles. The smallest absolute Gasteiger partial charge is 0.287 e. The van der Waals surface area contributed by atoms with Crippen LogP contribution in [0.3, 0.4) is 0 Å². The van der Waals surface area contributed by atoms with E-state index in [-0.39, 0.29) is 10.6 Å². The maximum absolute atomic E-state index is 12.6. The number of hydrogen-bond donors (Lipinski definition) is 0. The third-order valence-electron chi connectivity index (χ3n) is 3.89. The van der Waals surface area contributed by atoms with Crippen molar-refractivity contribution in [3.05, 3.63) is 58.8 Å². The van der Waals surface area contributed by atoms with Crippen LogP contribution in [0.5, 0.6) is 0 Å². The normalized spacial score (nSPS) is 16.1. The van der Waals surface area contributed by atoms with Gasteiger partial charge in [0.25, 0.3) is 5.69 Å². The maximum atomic E-state index is 12.6. The van der Waals surface area contributed by atoms with E-state index in [1.54, 1.807) is 36.4 Å². The van der Waals surface area contributed by atoms with Gasteiger partial charge >= 0.3 is 0 Å². The Morgan fingerprint density at radius 2 is 1.67 bits per heavy atom. The zero-order valence-corrected chi connectivity index (χ0v) is 13.6. The molecule has 1 aromatic heterocycles. The lowest BCUT2D eigenvalue weighted by Gasteiger charge is -2.34. The van der Waals surface area contributed by atoms with Gasteiger partial charge in [0.1, 0.15) is 12.0 Å². The highest BCUT2D eigenvalue weighted by atomic mass is 32.2. The summed E-state index contributed by atoms with van der Waals surface area (Å²) in [6.45, 7) is 1.65. The topological polar surface area (TPSA) is 96.6 Å². The first-order chi connectivity index (χ1) is 11.5. The third kappa shape index (κ3) is 3.22. The Labute approximate surface area is 139 Å². The van der Waals surface area contributed by atoms with Gasteiger partial charge in [-0.2, -0.15) is 4.31 Å². The number of anilines is 1. The molecule has 126 valence electrons. The molecule has 0 amide bonds. The molecule has 0 unspecified atom stereocenters. The Kier molecular flexibility index (Phi) is 4.45. The van der Waals surface area contributed by atoms with Crippen molar-refractivity contribution in [3.8, 4) is 0 Å². The summed E-state index contributed by atoms with van der Waals surface area (Å²) >= 11 is 0. The molecule has 0 spiro atoms. The van der Waals surface area contributed by atoms with E-state index in [4.69, 9.17) is 0 Å². The molecule has 1 aromatic carbocycles. The zero-order valence-electron chi connectivity index (χ0n) is 12.8. The Balaban J connectivity index is 1.68. The van der Waals surface area contributed by atoms with Gasteiger partial charge in [-0.05, 0) is 18.2 Å². The maximum Gasteiger partial charge on any atom is 0.287 e. The standard InChI is InChI=1S/C15H16N4O4S/c20-19(21)13-6-7-15(16-12-13)17-8-10-18(11-9-17)24(22,23)14-4-2-1-3-5-14/h1-7,12H,8-11H2. The Morgan fingerprint density at radius 3 is 2.21 bits per heavy atom. The first kappa shape index (κ1) is 16.3. The van der Waals surface area contributed by atoms with E-state index in [1.165, 1.54) is 16.6 Å². The fourth-order valence-corrected chi connectivity index (χ4v) is 4.02. The molecule has 0 bridgehead atoms. The van der Waals surface area contributed by atoms with Crippen LogP contribution in [-0.4, -0.2) is 48.8 Å². The Hall–Kier alpha value is -2.52. The quantitative estimate of drug-likeness (QED) is 0.614. The van der Waals surface area contributed by atoms with Gasteiger partial charge in [-0.15, -0.1) is 0 Å². The highest BCUT2D eigenvalue weighted by Crippen LogP contribution is 2.21. The number of nitrogens with zero attached hydrogens (tertiary/aromatic N) is 4. The molecule has 1 fully saturated rings. The van der Waals surface area contributed by atoms with E-state index in [0.717, 1.165) is 0 Å². The summed E-state index contributed by atoms with van der Waals surface area (Å²) in [6, 6.07) is 11.3. The number of pyridine rings is 1. The molecule has 2 heterocycles. The van der Waals surface area contributed by atoms with Crippen molar-refractivity contribution in [2.24, 2.45) is 0 Å².